The molecule has 0 unspecified atom stereocenters. The van der Waals surface area contributed by atoms with Crippen LogP contribution >= 0.6 is 0 Å². The lowest BCUT2D eigenvalue weighted by molar-refractivity contribution is 1.25. The third kappa shape index (κ3) is 2.28. The maximum Gasteiger partial charge on any atom is 0.138 e. The summed E-state index contributed by atoms with van der Waals surface area (Å²) in [6, 6.07) is 12.1. The summed E-state index contributed by atoms with van der Waals surface area (Å²) in [5, 5.41) is 3.11. The molecule has 4 heteroatoms. The molecule has 100 valence electrons. The van der Waals surface area contributed by atoms with E-state index in [1.165, 1.54) is 0 Å². The summed E-state index contributed by atoms with van der Waals surface area (Å²) in [5.74, 6) is 0.879. The standard InChI is InChI=1S/C16H16N4/c1-11-15(13-4-3-9-18-10-13)20-16(19-11)12-5-7-14(17-2)8-6-12/h3-10,17H,1-2H3,(H,19,20). The quantitative estimate of drug-likeness (QED) is 0.761. The van der Waals surface area contributed by atoms with E-state index in [9.17, 15) is 0 Å². The Balaban J connectivity index is 2.00. The van der Waals surface area contributed by atoms with Gasteiger partial charge in [-0.2, -0.15) is 0 Å². The highest BCUT2D eigenvalue weighted by Gasteiger charge is 2.10. The fraction of sp³-hybridized carbons (Fsp3) is 0.125. The fourth-order valence-electron chi connectivity index (χ4n) is 2.18. The van der Waals surface area contributed by atoms with E-state index >= 15 is 0 Å². The molecule has 2 aromatic heterocycles. The minimum atomic E-state index is 0.879. The van der Waals surface area contributed by atoms with Gasteiger partial charge in [0.05, 0.1) is 5.69 Å². The highest BCUT2D eigenvalue weighted by Crippen LogP contribution is 2.25. The number of nitrogens with zero attached hydrogens (tertiary/aromatic N) is 2. The van der Waals surface area contributed by atoms with Crippen LogP contribution in [0.1, 0.15) is 5.69 Å². The summed E-state index contributed by atoms with van der Waals surface area (Å²) in [7, 11) is 1.91. The van der Waals surface area contributed by atoms with Crippen LogP contribution in [0, 0.1) is 6.92 Å². The predicted octanol–water partition coefficient (Wildman–Crippen LogP) is 3.49. The first-order valence-corrected chi connectivity index (χ1v) is 6.53. The zero-order chi connectivity index (χ0) is 13.9. The third-order valence-electron chi connectivity index (χ3n) is 3.27. The summed E-state index contributed by atoms with van der Waals surface area (Å²) in [5.41, 5.74) is 5.18. The number of anilines is 1. The molecule has 20 heavy (non-hydrogen) atoms. The molecule has 0 radical (unpaired) electrons. The number of H-pyrrole nitrogens is 1. The van der Waals surface area contributed by atoms with Crippen molar-refractivity contribution in [1.29, 1.82) is 0 Å². The number of hydrogen-bond donors (Lipinski definition) is 2. The number of benzene rings is 1. The van der Waals surface area contributed by atoms with Gasteiger partial charge in [0.15, 0.2) is 0 Å². The average molecular weight is 264 g/mol. The van der Waals surface area contributed by atoms with Crippen molar-refractivity contribution in [2.45, 2.75) is 6.92 Å². The van der Waals surface area contributed by atoms with Crippen molar-refractivity contribution in [3.63, 3.8) is 0 Å². The Labute approximate surface area is 117 Å². The normalized spacial score (nSPS) is 10.5. The van der Waals surface area contributed by atoms with Crippen molar-refractivity contribution in [2.24, 2.45) is 0 Å². The number of imidazole rings is 1. The van der Waals surface area contributed by atoms with Crippen LogP contribution in [0.5, 0.6) is 0 Å². The van der Waals surface area contributed by atoms with Gasteiger partial charge < -0.3 is 10.3 Å². The summed E-state index contributed by atoms with van der Waals surface area (Å²) < 4.78 is 0. The van der Waals surface area contributed by atoms with Crippen LogP contribution in [-0.4, -0.2) is 22.0 Å². The predicted molar refractivity (Wildman–Crippen MR) is 81.5 cm³/mol. The van der Waals surface area contributed by atoms with Crippen LogP contribution < -0.4 is 5.32 Å². The number of pyridine rings is 1. The second kappa shape index (κ2) is 5.17. The van der Waals surface area contributed by atoms with E-state index in [0.717, 1.165) is 34.0 Å². The topological polar surface area (TPSA) is 53.6 Å². The Morgan fingerprint density at radius 1 is 1.05 bits per heavy atom. The molecule has 0 fully saturated rings. The van der Waals surface area contributed by atoms with Crippen molar-refractivity contribution < 1.29 is 0 Å². The number of aromatic nitrogens is 3. The Hall–Kier alpha value is -2.62. The first-order chi connectivity index (χ1) is 9.78. The van der Waals surface area contributed by atoms with Crippen molar-refractivity contribution >= 4 is 5.69 Å². The fourth-order valence-corrected chi connectivity index (χ4v) is 2.18. The Bertz CT molecular complexity index is 699. The molecule has 1 aromatic carbocycles. The van der Waals surface area contributed by atoms with E-state index in [-0.39, 0.29) is 0 Å². The minimum absolute atomic E-state index is 0.879. The first-order valence-electron chi connectivity index (χ1n) is 6.53. The van der Waals surface area contributed by atoms with Crippen LogP contribution in [-0.2, 0) is 0 Å². The third-order valence-corrected chi connectivity index (χ3v) is 3.27. The van der Waals surface area contributed by atoms with Gasteiger partial charge in [-0.15, -0.1) is 0 Å². The van der Waals surface area contributed by atoms with Gasteiger partial charge in [-0.25, -0.2) is 4.98 Å². The Morgan fingerprint density at radius 2 is 1.85 bits per heavy atom. The van der Waals surface area contributed by atoms with Crippen LogP contribution in [0.15, 0.2) is 48.8 Å². The largest absolute Gasteiger partial charge is 0.388 e. The molecular weight excluding hydrogens is 248 g/mol. The van der Waals surface area contributed by atoms with Crippen molar-refractivity contribution in [3.8, 4) is 22.6 Å². The number of aromatic amines is 1. The monoisotopic (exact) mass is 264 g/mol. The molecule has 0 saturated carbocycles. The second-order valence-electron chi connectivity index (χ2n) is 4.63. The van der Waals surface area contributed by atoms with Crippen LogP contribution in [0.25, 0.3) is 22.6 Å². The molecule has 3 aromatic rings. The summed E-state index contributed by atoms with van der Waals surface area (Å²) in [6.45, 7) is 2.03. The van der Waals surface area contributed by atoms with Gasteiger partial charge in [0, 0.05) is 41.9 Å². The Morgan fingerprint density at radius 3 is 2.50 bits per heavy atom. The van der Waals surface area contributed by atoms with Gasteiger partial charge in [-0.3, -0.25) is 4.98 Å². The zero-order valence-corrected chi connectivity index (χ0v) is 11.5. The lowest BCUT2D eigenvalue weighted by atomic mass is 10.2. The van der Waals surface area contributed by atoms with Gasteiger partial charge in [0.2, 0.25) is 0 Å². The maximum absolute atomic E-state index is 4.69. The molecule has 0 saturated heterocycles. The van der Waals surface area contributed by atoms with Crippen LogP contribution in [0.4, 0.5) is 5.69 Å². The first kappa shape index (κ1) is 12.4. The van der Waals surface area contributed by atoms with Gasteiger partial charge >= 0.3 is 0 Å². The lowest BCUT2D eigenvalue weighted by Crippen LogP contribution is -1.87. The van der Waals surface area contributed by atoms with E-state index in [2.05, 4.69) is 32.4 Å². The van der Waals surface area contributed by atoms with Crippen molar-refractivity contribution in [3.05, 3.63) is 54.5 Å². The zero-order valence-electron chi connectivity index (χ0n) is 11.5. The van der Waals surface area contributed by atoms with E-state index in [1.54, 1.807) is 6.20 Å². The highest BCUT2D eigenvalue weighted by molar-refractivity contribution is 5.67. The number of nitrogens with one attached hydrogen (secondary N) is 2. The lowest BCUT2D eigenvalue weighted by Gasteiger charge is -2.00. The highest BCUT2D eigenvalue weighted by atomic mass is 14.9. The molecule has 0 aliphatic rings. The van der Waals surface area contributed by atoms with Gasteiger partial charge in [-0.1, -0.05) is 0 Å². The molecule has 4 nitrogen and oxygen atoms in total. The molecule has 2 heterocycles. The molecule has 0 atom stereocenters. The minimum Gasteiger partial charge on any atom is -0.388 e. The molecule has 0 amide bonds. The van der Waals surface area contributed by atoms with Gasteiger partial charge in [0.1, 0.15) is 5.82 Å². The van der Waals surface area contributed by atoms with Gasteiger partial charge in [-0.05, 0) is 43.3 Å². The maximum atomic E-state index is 4.69. The number of aryl methyl sites for hydroxylation is 1. The second-order valence-corrected chi connectivity index (χ2v) is 4.63. The molecule has 0 bridgehead atoms. The molecule has 2 N–H and O–H groups in total. The Kier molecular flexibility index (Phi) is 3.21. The van der Waals surface area contributed by atoms with Crippen molar-refractivity contribution in [2.75, 3.05) is 12.4 Å². The van der Waals surface area contributed by atoms with E-state index in [0.29, 0.717) is 0 Å². The number of rotatable bonds is 3. The molecule has 0 spiro atoms. The van der Waals surface area contributed by atoms with E-state index in [4.69, 9.17) is 0 Å². The smallest absolute Gasteiger partial charge is 0.138 e. The number of hydrogen-bond acceptors (Lipinski definition) is 3. The van der Waals surface area contributed by atoms with Crippen molar-refractivity contribution in [1.82, 2.24) is 15.0 Å². The van der Waals surface area contributed by atoms with Gasteiger partial charge in [0.25, 0.3) is 0 Å². The van der Waals surface area contributed by atoms with Crippen LogP contribution in [0.3, 0.4) is 0 Å². The molecule has 0 aliphatic heterocycles. The average Bonchev–Trinajstić information content (AvgIpc) is 2.90. The summed E-state index contributed by atoms with van der Waals surface area (Å²) in [4.78, 5) is 12.2. The SMILES string of the molecule is CNc1ccc(-c2nc(-c3cccnc3)c(C)[nH]2)cc1. The summed E-state index contributed by atoms with van der Waals surface area (Å²) >= 11 is 0. The van der Waals surface area contributed by atoms with E-state index < -0.39 is 0 Å². The molecular formula is C16H16N4. The molecule has 0 aliphatic carbocycles. The van der Waals surface area contributed by atoms with E-state index in [1.807, 2.05) is 44.4 Å². The summed E-state index contributed by atoms with van der Waals surface area (Å²) in [6.07, 6.45) is 3.60. The van der Waals surface area contributed by atoms with Crippen LogP contribution in [0.2, 0.25) is 0 Å². The molecule has 3 rings (SSSR count).